The van der Waals surface area contributed by atoms with Crippen molar-refractivity contribution in [2.75, 3.05) is 16.8 Å². The lowest BCUT2D eigenvalue weighted by atomic mass is 10.2. The van der Waals surface area contributed by atoms with Gasteiger partial charge in [-0.3, -0.25) is 4.79 Å². The van der Waals surface area contributed by atoms with E-state index in [1.807, 2.05) is 48.9 Å². The van der Waals surface area contributed by atoms with E-state index in [-0.39, 0.29) is 23.5 Å². The number of hydrogen-bond donors (Lipinski definition) is 2. The van der Waals surface area contributed by atoms with Crippen LogP contribution in [0.15, 0.2) is 30.3 Å². The molecule has 1 fully saturated rings. The van der Waals surface area contributed by atoms with Gasteiger partial charge >= 0.3 is 0 Å². The molecule has 0 aliphatic carbocycles. The first-order valence-electron chi connectivity index (χ1n) is 8.66. The second-order valence-electron chi connectivity index (χ2n) is 6.77. The summed E-state index contributed by atoms with van der Waals surface area (Å²) >= 11 is 0. The van der Waals surface area contributed by atoms with Crippen molar-refractivity contribution in [1.29, 1.82) is 0 Å². The lowest BCUT2D eigenvalue weighted by molar-refractivity contribution is -0.122. The van der Waals surface area contributed by atoms with Gasteiger partial charge in [0.05, 0.1) is 34.3 Å². The van der Waals surface area contributed by atoms with Crippen molar-refractivity contribution in [3.05, 3.63) is 41.7 Å². The molecule has 1 aliphatic rings. The lowest BCUT2D eigenvalue weighted by Crippen LogP contribution is -2.43. The third-order valence-electron chi connectivity index (χ3n) is 4.63. The summed E-state index contributed by atoms with van der Waals surface area (Å²) in [5, 5.41) is 10.6. The van der Waals surface area contributed by atoms with Crippen molar-refractivity contribution in [1.82, 2.24) is 15.1 Å². The number of hydrogen-bond acceptors (Lipinski definition) is 5. The number of benzene rings is 1. The second-order valence-corrected chi connectivity index (χ2v) is 9.00. The van der Waals surface area contributed by atoms with E-state index in [1.54, 1.807) is 6.92 Å². The van der Waals surface area contributed by atoms with Gasteiger partial charge in [0.2, 0.25) is 5.91 Å². The molecule has 0 radical (unpaired) electrons. The number of sulfone groups is 1. The Morgan fingerprint density at radius 1 is 1.27 bits per heavy atom. The topological polar surface area (TPSA) is 93.1 Å². The molecule has 2 heterocycles. The van der Waals surface area contributed by atoms with Crippen LogP contribution in [0.3, 0.4) is 0 Å². The summed E-state index contributed by atoms with van der Waals surface area (Å²) in [6.45, 7) is 5.60. The molecular formula is C18H24N4O3S. The Morgan fingerprint density at radius 2 is 1.96 bits per heavy atom. The molecular weight excluding hydrogens is 352 g/mol. The van der Waals surface area contributed by atoms with Crippen LogP contribution in [0.4, 0.5) is 5.69 Å². The molecule has 140 valence electrons. The fourth-order valence-electron chi connectivity index (χ4n) is 3.19. The van der Waals surface area contributed by atoms with Crippen LogP contribution in [0.1, 0.15) is 24.7 Å². The van der Waals surface area contributed by atoms with Crippen LogP contribution in [-0.2, 0) is 14.6 Å². The number of amides is 1. The summed E-state index contributed by atoms with van der Waals surface area (Å²) in [6, 6.07) is 8.99. The van der Waals surface area contributed by atoms with E-state index in [1.165, 1.54) is 0 Å². The Morgan fingerprint density at radius 3 is 2.58 bits per heavy atom. The number of nitrogens with one attached hydrogen (secondary N) is 2. The quantitative estimate of drug-likeness (QED) is 0.827. The highest BCUT2D eigenvalue weighted by Crippen LogP contribution is 2.23. The molecule has 26 heavy (non-hydrogen) atoms. The molecule has 2 atom stereocenters. The highest BCUT2D eigenvalue weighted by Gasteiger charge is 2.30. The fourth-order valence-corrected chi connectivity index (χ4v) is 4.86. The fraction of sp³-hybridized carbons (Fsp3) is 0.444. The molecule has 2 aromatic rings. The van der Waals surface area contributed by atoms with Gasteiger partial charge in [0, 0.05) is 6.04 Å². The second kappa shape index (κ2) is 7.11. The highest BCUT2D eigenvalue weighted by molar-refractivity contribution is 7.91. The third kappa shape index (κ3) is 3.90. The molecule has 2 N–H and O–H groups in total. The van der Waals surface area contributed by atoms with Crippen molar-refractivity contribution in [2.45, 2.75) is 39.3 Å². The first kappa shape index (κ1) is 18.4. The number of nitrogens with zero attached hydrogens (tertiary/aromatic N) is 2. The molecule has 1 amide bonds. The van der Waals surface area contributed by atoms with Crippen molar-refractivity contribution in [3.8, 4) is 5.69 Å². The number of aryl methyl sites for hydroxylation is 1. The van der Waals surface area contributed by atoms with Crippen LogP contribution in [0.5, 0.6) is 0 Å². The van der Waals surface area contributed by atoms with Crippen molar-refractivity contribution in [3.63, 3.8) is 0 Å². The van der Waals surface area contributed by atoms with Gasteiger partial charge in [-0.25, -0.2) is 13.1 Å². The Balaban J connectivity index is 1.70. The average molecular weight is 376 g/mol. The molecule has 0 unspecified atom stereocenters. The predicted molar refractivity (Wildman–Crippen MR) is 101 cm³/mol. The van der Waals surface area contributed by atoms with Crippen LogP contribution in [0, 0.1) is 13.8 Å². The Kier molecular flexibility index (Phi) is 5.04. The summed E-state index contributed by atoms with van der Waals surface area (Å²) in [5.41, 5.74) is 3.48. The number of carbonyl (C=O) groups is 1. The van der Waals surface area contributed by atoms with Gasteiger partial charge in [0.25, 0.3) is 0 Å². The minimum absolute atomic E-state index is 0.0233. The molecule has 3 rings (SSSR count). The van der Waals surface area contributed by atoms with E-state index < -0.39 is 15.9 Å². The maximum atomic E-state index is 12.4. The van der Waals surface area contributed by atoms with Crippen LogP contribution >= 0.6 is 0 Å². The smallest absolute Gasteiger partial charge is 0.242 e. The van der Waals surface area contributed by atoms with Crippen LogP contribution in [0.2, 0.25) is 0 Å². The normalized spacial score (nSPS) is 19.9. The number of carbonyl (C=O) groups excluding carboxylic acids is 1. The van der Waals surface area contributed by atoms with Gasteiger partial charge in [0.15, 0.2) is 9.84 Å². The zero-order valence-electron chi connectivity index (χ0n) is 15.2. The first-order valence-corrected chi connectivity index (χ1v) is 10.5. The van der Waals surface area contributed by atoms with Crippen molar-refractivity contribution < 1.29 is 13.2 Å². The summed E-state index contributed by atoms with van der Waals surface area (Å²) in [6.07, 6.45) is 0.477. The maximum absolute atomic E-state index is 12.4. The number of rotatable bonds is 5. The zero-order chi connectivity index (χ0) is 18.9. The summed E-state index contributed by atoms with van der Waals surface area (Å²) in [7, 11) is -3.01. The van der Waals surface area contributed by atoms with E-state index in [0.717, 1.165) is 22.8 Å². The van der Waals surface area contributed by atoms with E-state index in [0.29, 0.717) is 6.42 Å². The largest absolute Gasteiger partial charge is 0.371 e. The molecule has 7 nitrogen and oxygen atoms in total. The van der Waals surface area contributed by atoms with Gasteiger partial charge < -0.3 is 10.6 Å². The number of para-hydroxylation sites is 1. The molecule has 1 aromatic heterocycles. The van der Waals surface area contributed by atoms with E-state index in [9.17, 15) is 13.2 Å². The molecule has 0 saturated carbocycles. The number of aromatic nitrogens is 2. The van der Waals surface area contributed by atoms with E-state index >= 15 is 0 Å². The Labute approximate surface area is 153 Å². The standard InChI is InChI=1S/C18H24N4O3S/c1-12-17(14(3)22(21-12)16-7-5-4-6-8-16)19-13(2)18(23)20-15-9-10-26(24,25)11-15/h4-8,13,15,19H,9-11H2,1-3H3,(H,20,23)/t13-,15+/m1/s1. The zero-order valence-corrected chi connectivity index (χ0v) is 16.0. The monoisotopic (exact) mass is 376 g/mol. The molecule has 8 heteroatoms. The molecule has 1 aromatic carbocycles. The third-order valence-corrected chi connectivity index (χ3v) is 6.39. The van der Waals surface area contributed by atoms with Crippen LogP contribution < -0.4 is 10.6 Å². The molecule has 1 aliphatic heterocycles. The van der Waals surface area contributed by atoms with Gasteiger partial charge in [-0.05, 0) is 39.3 Å². The Hall–Kier alpha value is -2.35. The predicted octanol–water partition coefficient (Wildman–Crippen LogP) is 1.59. The van der Waals surface area contributed by atoms with Gasteiger partial charge in [0.1, 0.15) is 6.04 Å². The first-order chi connectivity index (χ1) is 12.3. The Bertz CT molecular complexity index is 906. The van der Waals surface area contributed by atoms with Crippen LogP contribution in [-0.4, -0.2) is 47.7 Å². The average Bonchev–Trinajstić information content (AvgIpc) is 3.08. The van der Waals surface area contributed by atoms with Crippen molar-refractivity contribution >= 4 is 21.4 Å². The minimum atomic E-state index is -3.01. The summed E-state index contributed by atoms with van der Waals surface area (Å²) in [4.78, 5) is 12.4. The van der Waals surface area contributed by atoms with Crippen molar-refractivity contribution in [2.24, 2.45) is 0 Å². The van der Waals surface area contributed by atoms with Gasteiger partial charge in [-0.15, -0.1) is 0 Å². The summed E-state index contributed by atoms with van der Waals surface area (Å²) in [5.74, 6) is -0.0459. The SMILES string of the molecule is Cc1nn(-c2ccccc2)c(C)c1N[C@H](C)C(=O)N[C@H]1CCS(=O)(=O)C1. The van der Waals surface area contributed by atoms with Gasteiger partial charge in [-0.2, -0.15) is 5.10 Å². The maximum Gasteiger partial charge on any atom is 0.242 e. The minimum Gasteiger partial charge on any atom is -0.371 e. The van der Waals surface area contributed by atoms with E-state index in [4.69, 9.17) is 0 Å². The van der Waals surface area contributed by atoms with Gasteiger partial charge in [-0.1, -0.05) is 18.2 Å². The number of anilines is 1. The summed E-state index contributed by atoms with van der Waals surface area (Å²) < 4.78 is 24.9. The molecule has 1 saturated heterocycles. The van der Waals surface area contributed by atoms with Crippen LogP contribution in [0.25, 0.3) is 5.69 Å². The molecule has 0 spiro atoms. The lowest BCUT2D eigenvalue weighted by Gasteiger charge is -2.18. The molecule has 0 bridgehead atoms. The van der Waals surface area contributed by atoms with E-state index in [2.05, 4.69) is 15.7 Å². The highest BCUT2D eigenvalue weighted by atomic mass is 32.2.